The minimum absolute atomic E-state index is 0.0146. The highest BCUT2D eigenvalue weighted by molar-refractivity contribution is 6.36. The number of rotatable bonds is 3. The molecule has 1 atom stereocenters. The van der Waals surface area contributed by atoms with Crippen LogP contribution in [0, 0.1) is 5.41 Å². The highest BCUT2D eigenvalue weighted by Crippen LogP contribution is 2.50. The Bertz CT molecular complexity index is 699. The summed E-state index contributed by atoms with van der Waals surface area (Å²) >= 11 is 0. The molecule has 0 heterocycles. The van der Waals surface area contributed by atoms with E-state index in [1.54, 1.807) is 19.1 Å². The molecular weight excluding hydrogens is 300 g/mol. The van der Waals surface area contributed by atoms with Crippen molar-refractivity contribution in [2.24, 2.45) is 5.41 Å². The molecule has 0 bridgehead atoms. The Hall–Kier alpha value is -2.34. The van der Waals surface area contributed by atoms with Gasteiger partial charge < -0.3 is 9.84 Å². The zero-order chi connectivity index (χ0) is 16.8. The van der Waals surface area contributed by atoms with Crippen LogP contribution in [0.3, 0.4) is 0 Å². The average Bonchev–Trinajstić information content (AvgIpc) is 3.03. The lowest BCUT2D eigenvalue weighted by molar-refractivity contribution is -0.169. The number of aliphatic hydroxyl groups is 1. The molecule has 1 saturated carbocycles. The van der Waals surface area contributed by atoms with Gasteiger partial charge in [0.1, 0.15) is 0 Å². The largest absolute Gasteiger partial charge is 0.465 e. The fourth-order valence-corrected chi connectivity index (χ4v) is 3.63. The molecule has 0 spiro atoms. The van der Waals surface area contributed by atoms with Gasteiger partial charge in [-0.15, -0.1) is 0 Å². The number of hydrogen-bond acceptors (Lipinski definition) is 6. The Balaban J connectivity index is 2.22. The predicted molar refractivity (Wildman–Crippen MR) is 78.0 cm³/mol. The van der Waals surface area contributed by atoms with Gasteiger partial charge in [0, 0.05) is 17.5 Å². The van der Waals surface area contributed by atoms with Gasteiger partial charge in [0.15, 0.2) is 11.2 Å². The van der Waals surface area contributed by atoms with Crippen LogP contribution < -0.4 is 0 Å². The summed E-state index contributed by atoms with van der Waals surface area (Å²) in [7, 11) is 0. The molecule has 0 aliphatic heterocycles. The van der Waals surface area contributed by atoms with Crippen molar-refractivity contribution >= 4 is 23.3 Å². The molecule has 0 radical (unpaired) electrons. The van der Waals surface area contributed by atoms with Crippen molar-refractivity contribution in [3.63, 3.8) is 0 Å². The van der Waals surface area contributed by atoms with Crippen molar-refractivity contribution in [3.05, 3.63) is 35.4 Å². The molecule has 1 aromatic rings. The van der Waals surface area contributed by atoms with Gasteiger partial charge in [-0.3, -0.25) is 19.2 Å². The Kier molecular flexibility index (Phi) is 3.44. The van der Waals surface area contributed by atoms with E-state index >= 15 is 0 Å². The third-order valence-electron chi connectivity index (χ3n) is 4.75. The van der Waals surface area contributed by atoms with Crippen LogP contribution in [0.4, 0.5) is 0 Å². The summed E-state index contributed by atoms with van der Waals surface area (Å²) in [5.41, 5.74) is -4.79. The number of benzene rings is 1. The number of ketones is 3. The van der Waals surface area contributed by atoms with Crippen LogP contribution in [0.15, 0.2) is 24.3 Å². The molecule has 2 aliphatic rings. The van der Waals surface area contributed by atoms with Crippen LogP contribution in [0.1, 0.15) is 46.9 Å². The van der Waals surface area contributed by atoms with Crippen LogP contribution in [0.5, 0.6) is 0 Å². The normalized spacial score (nSPS) is 25.6. The second-order valence-electron chi connectivity index (χ2n) is 5.82. The molecule has 120 valence electrons. The average molecular weight is 316 g/mol. The Morgan fingerprint density at radius 2 is 1.74 bits per heavy atom. The van der Waals surface area contributed by atoms with Gasteiger partial charge in [0.25, 0.3) is 0 Å². The first-order valence-corrected chi connectivity index (χ1v) is 7.52. The van der Waals surface area contributed by atoms with E-state index in [0.29, 0.717) is 6.42 Å². The summed E-state index contributed by atoms with van der Waals surface area (Å²) in [6.07, 6.45) is 0.265. The molecule has 0 amide bonds. The van der Waals surface area contributed by atoms with Gasteiger partial charge >= 0.3 is 5.97 Å². The van der Waals surface area contributed by atoms with Gasteiger partial charge in [-0.2, -0.15) is 0 Å². The summed E-state index contributed by atoms with van der Waals surface area (Å²) in [6.45, 7) is 1.54. The van der Waals surface area contributed by atoms with Gasteiger partial charge in [0.2, 0.25) is 17.2 Å². The van der Waals surface area contributed by atoms with E-state index in [2.05, 4.69) is 0 Å². The Morgan fingerprint density at radius 1 is 1.17 bits per heavy atom. The van der Waals surface area contributed by atoms with E-state index in [-0.39, 0.29) is 30.6 Å². The van der Waals surface area contributed by atoms with Gasteiger partial charge in [-0.1, -0.05) is 24.3 Å². The maximum atomic E-state index is 12.7. The minimum Gasteiger partial charge on any atom is -0.465 e. The molecule has 0 aromatic heterocycles. The van der Waals surface area contributed by atoms with Crippen molar-refractivity contribution in [2.75, 3.05) is 6.61 Å². The smallest absolute Gasteiger partial charge is 0.323 e. The first-order chi connectivity index (χ1) is 10.9. The molecular formula is C17H16O6. The molecule has 1 N–H and O–H groups in total. The lowest BCUT2D eigenvalue weighted by Crippen LogP contribution is -2.62. The molecule has 1 unspecified atom stereocenters. The lowest BCUT2D eigenvalue weighted by Gasteiger charge is -2.36. The summed E-state index contributed by atoms with van der Waals surface area (Å²) in [4.78, 5) is 50.5. The molecule has 2 aliphatic carbocycles. The first-order valence-electron chi connectivity index (χ1n) is 7.52. The summed E-state index contributed by atoms with van der Waals surface area (Å²) < 4.78 is 4.95. The predicted octanol–water partition coefficient (Wildman–Crippen LogP) is 1.10. The van der Waals surface area contributed by atoms with E-state index in [0.717, 1.165) is 0 Å². The molecule has 0 saturated heterocycles. The molecule has 3 rings (SSSR count). The first kappa shape index (κ1) is 15.6. The number of carbonyl (C=O) groups excluding carboxylic acids is 4. The van der Waals surface area contributed by atoms with E-state index in [9.17, 15) is 24.3 Å². The van der Waals surface area contributed by atoms with Gasteiger partial charge in [-0.25, -0.2) is 0 Å². The van der Waals surface area contributed by atoms with Gasteiger partial charge in [0.05, 0.1) is 6.61 Å². The second kappa shape index (κ2) is 5.09. The van der Waals surface area contributed by atoms with Crippen LogP contribution in [-0.2, 0) is 14.3 Å². The number of hydrogen-bond donors (Lipinski definition) is 1. The fraction of sp³-hybridized carbons (Fsp3) is 0.412. The van der Waals surface area contributed by atoms with Crippen LogP contribution in [-0.4, -0.2) is 40.6 Å². The molecule has 1 fully saturated rings. The molecule has 6 nitrogen and oxygen atoms in total. The maximum absolute atomic E-state index is 12.7. The standard InChI is InChI=1S/C17H16O6/c1-2-23-15(21)16(9-5-8-12(16)18)17(22)13(19)10-6-3-4-7-11(10)14(17)20/h3-4,6-7,22H,2,5,8-9H2,1H3. The zero-order valence-corrected chi connectivity index (χ0v) is 12.6. The van der Waals surface area contributed by atoms with Crippen molar-refractivity contribution in [2.45, 2.75) is 31.8 Å². The van der Waals surface area contributed by atoms with E-state index in [1.165, 1.54) is 12.1 Å². The van der Waals surface area contributed by atoms with Crippen molar-refractivity contribution in [1.82, 2.24) is 0 Å². The van der Waals surface area contributed by atoms with E-state index in [1.807, 2.05) is 0 Å². The third kappa shape index (κ3) is 1.72. The van der Waals surface area contributed by atoms with Crippen molar-refractivity contribution < 1.29 is 29.0 Å². The number of Topliss-reactive ketones (excluding diaryl/α,β-unsaturated/α-hetero) is 3. The second-order valence-corrected chi connectivity index (χ2v) is 5.82. The summed E-state index contributed by atoms with van der Waals surface area (Å²) in [5.74, 6) is -3.42. The molecule has 1 aromatic carbocycles. The highest BCUT2D eigenvalue weighted by atomic mass is 16.5. The third-order valence-corrected chi connectivity index (χ3v) is 4.75. The number of ether oxygens (including phenoxy) is 1. The lowest BCUT2D eigenvalue weighted by atomic mass is 9.67. The van der Waals surface area contributed by atoms with Crippen molar-refractivity contribution in [1.29, 1.82) is 0 Å². The quantitative estimate of drug-likeness (QED) is 0.662. The monoisotopic (exact) mass is 316 g/mol. The Morgan fingerprint density at radius 3 is 2.17 bits per heavy atom. The SMILES string of the molecule is CCOC(=O)C1(C2(O)C(=O)c3ccccc3C2=O)CCCC1=O. The van der Waals surface area contributed by atoms with Crippen LogP contribution in [0.25, 0.3) is 0 Å². The number of esters is 1. The van der Waals surface area contributed by atoms with Gasteiger partial charge in [-0.05, 0) is 19.8 Å². The summed E-state index contributed by atoms with van der Waals surface area (Å²) in [6, 6.07) is 5.93. The highest BCUT2D eigenvalue weighted by Gasteiger charge is 2.72. The number of fused-ring (bicyclic) bond motifs is 1. The zero-order valence-electron chi connectivity index (χ0n) is 12.6. The minimum atomic E-state index is -2.71. The van der Waals surface area contributed by atoms with E-state index in [4.69, 9.17) is 4.74 Å². The molecule has 23 heavy (non-hydrogen) atoms. The fourth-order valence-electron chi connectivity index (χ4n) is 3.63. The maximum Gasteiger partial charge on any atom is 0.323 e. The number of carbonyl (C=O) groups is 4. The Labute approximate surface area is 132 Å². The molecule has 6 heteroatoms. The van der Waals surface area contributed by atoms with Crippen LogP contribution in [0.2, 0.25) is 0 Å². The van der Waals surface area contributed by atoms with E-state index < -0.39 is 34.3 Å². The summed E-state index contributed by atoms with van der Waals surface area (Å²) in [5, 5.41) is 11.0. The van der Waals surface area contributed by atoms with Crippen molar-refractivity contribution in [3.8, 4) is 0 Å². The topological polar surface area (TPSA) is 97.7 Å². The van der Waals surface area contributed by atoms with Crippen LogP contribution >= 0.6 is 0 Å².